The standard InChI is InChI=1S/C14H26N2O5/c1-14(2,3)21-13(19)16-9-10(17)8-11(16)12(18)15-6-5-7-20-4/h10-11,17H,5-9H2,1-4H3,(H,15,18). The third-order valence-electron chi connectivity index (χ3n) is 3.03. The van der Waals surface area contributed by atoms with Gasteiger partial charge in [0, 0.05) is 26.7 Å². The number of hydrogen-bond acceptors (Lipinski definition) is 5. The molecular formula is C14H26N2O5. The van der Waals surface area contributed by atoms with Gasteiger partial charge in [-0.25, -0.2) is 4.79 Å². The molecule has 21 heavy (non-hydrogen) atoms. The van der Waals surface area contributed by atoms with Crippen molar-refractivity contribution in [1.82, 2.24) is 10.2 Å². The second-order valence-corrected chi connectivity index (χ2v) is 6.18. The van der Waals surface area contributed by atoms with E-state index in [1.165, 1.54) is 4.90 Å². The molecule has 2 atom stereocenters. The van der Waals surface area contributed by atoms with E-state index in [0.29, 0.717) is 19.6 Å². The molecule has 1 fully saturated rings. The first kappa shape index (κ1) is 17.7. The van der Waals surface area contributed by atoms with E-state index in [1.807, 2.05) is 0 Å². The highest BCUT2D eigenvalue weighted by molar-refractivity contribution is 5.86. The fraction of sp³-hybridized carbons (Fsp3) is 0.857. The molecule has 1 rings (SSSR count). The van der Waals surface area contributed by atoms with Crippen LogP contribution in [0.4, 0.5) is 4.79 Å². The monoisotopic (exact) mass is 302 g/mol. The van der Waals surface area contributed by atoms with E-state index in [9.17, 15) is 14.7 Å². The molecule has 2 amide bonds. The Morgan fingerprint density at radius 3 is 2.62 bits per heavy atom. The highest BCUT2D eigenvalue weighted by Crippen LogP contribution is 2.21. The van der Waals surface area contributed by atoms with Crippen molar-refractivity contribution in [1.29, 1.82) is 0 Å². The highest BCUT2D eigenvalue weighted by Gasteiger charge is 2.40. The average Bonchev–Trinajstić information content (AvgIpc) is 2.75. The van der Waals surface area contributed by atoms with E-state index in [0.717, 1.165) is 0 Å². The van der Waals surface area contributed by atoms with Gasteiger partial charge in [0.05, 0.1) is 12.6 Å². The molecule has 0 spiro atoms. The fourth-order valence-electron chi connectivity index (χ4n) is 2.13. The Labute approximate surface area is 125 Å². The van der Waals surface area contributed by atoms with Crippen molar-refractivity contribution in [3.63, 3.8) is 0 Å². The molecule has 7 nitrogen and oxygen atoms in total. The number of nitrogens with zero attached hydrogens (tertiary/aromatic N) is 1. The van der Waals surface area contributed by atoms with Crippen LogP contribution < -0.4 is 5.32 Å². The zero-order valence-corrected chi connectivity index (χ0v) is 13.2. The number of β-amino-alcohol motifs (C(OH)–C–C–N with tert-alkyl or cyclic N) is 1. The third-order valence-corrected chi connectivity index (χ3v) is 3.03. The second kappa shape index (κ2) is 7.61. The lowest BCUT2D eigenvalue weighted by Crippen LogP contribution is -2.47. The number of amides is 2. The number of aliphatic hydroxyl groups excluding tert-OH is 1. The van der Waals surface area contributed by atoms with Gasteiger partial charge in [0.1, 0.15) is 11.6 Å². The Morgan fingerprint density at radius 2 is 2.05 bits per heavy atom. The Bertz CT molecular complexity index is 367. The molecule has 0 aromatic carbocycles. The summed E-state index contributed by atoms with van der Waals surface area (Å²) in [5, 5.41) is 12.5. The maximum Gasteiger partial charge on any atom is 0.411 e. The molecule has 1 aliphatic heterocycles. The molecule has 0 bridgehead atoms. The van der Waals surface area contributed by atoms with Crippen molar-refractivity contribution in [2.75, 3.05) is 26.8 Å². The molecule has 0 saturated carbocycles. The van der Waals surface area contributed by atoms with Crippen LogP contribution in [0.25, 0.3) is 0 Å². The predicted molar refractivity (Wildman–Crippen MR) is 76.9 cm³/mol. The molecule has 2 N–H and O–H groups in total. The molecule has 122 valence electrons. The first-order valence-electron chi connectivity index (χ1n) is 7.19. The second-order valence-electron chi connectivity index (χ2n) is 6.18. The van der Waals surface area contributed by atoms with E-state index in [2.05, 4.69) is 5.32 Å². The minimum atomic E-state index is -0.702. The number of hydrogen-bond donors (Lipinski definition) is 2. The van der Waals surface area contributed by atoms with Crippen LogP contribution in [0.1, 0.15) is 33.6 Å². The topological polar surface area (TPSA) is 88.1 Å². The quantitative estimate of drug-likeness (QED) is 0.722. The molecule has 7 heteroatoms. The van der Waals surface area contributed by atoms with E-state index in [1.54, 1.807) is 27.9 Å². The molecule has 2 unspecified atom stereocenters. The maximum absolute atomic E-state index is 12.1. The van der Waals surface area contributed by atoms with Crippen molar-refractivity contribution in [3.05, 3.63) is 0 Å². The Balaban J connectivity index is 2.57. The van der Waals surface area contributed by atoms with Gasteiger partial charge in [-0.1, -0.05) is 0 Å². The van der Waals surface area contributed by atoms with Gasteiger partial charge in [-0.2, -0.15) is 0 Å². The van der Waals surface area contributed by atoms with Crippen LogP contribution in [0.15, 0.2) is 0 Å². The van der Waals surface area contributed by atoms with Crippen molar-refractivity contribution >= 4 is 12.0 Å². The van der Waals surface area contributed by atoms with Crippen molar-refractivity contribution in [3.8, 4) is 0 Å². The lowest BCUT2D eigenvalue weighted by atomic mass is 10.2. The Morgan fingerprint density at radius 1 is 1.38 bits per heavy atom. The van der Waals surface area contributed by atoms with Crippen molar-refractivity contribution in [2.24, 2.45) is 0 Å². The van der Waals surface area contributed by atoms with Crippen LogP contribution in [-0.4, -0.2) is 66.6 Å². The van der Waals surface area contributed by atoms with Crippen molar-refractivity contribution in [2.45, 2.75) is 51.4 Å². The molecule has 0 radical (unpaired) electrons. The fourth-order valence-corrected chi connectivity index (χ4v) is 2.13. The zero-order valence-electron chi connectivity index (χ0n) is 13.2. The number of ether oxygens (including phenoxy) is 2. The van der Waals surface area contributed by atoms with Crippen LogP contribution >= 0.6 is 0 Å². The largest absolute Gasteiger partial charge is 0.444 e. The lowest BCUT2D eigenvalue weighted by Gasteiger charge is -2.27. The summed E-state index contributed by atoms with van der Waals surface area (Å²) in [5.74, 6) is -0.270. The smallest absolute Gasteiger partial charge is 0.411 e. The lowest BCUT2D eigenvalue weighted by molar-refractivity contribution is -0.125. The van der Waals surface area contributed by atoms with E-state index >= 15 is 0 Å². The number of likely N-dealkylation sites (tertiary alicyclic amines) is 1. The zero-order chi connectivity index (χ0) is 16.0. The molecule has 1 saturated heterocycles. The summed E-state index contributed by atoms with van der Waals surface area (Å²) < 4.78 is 10.2. The Kier molecular flexibility index (Phi) is 6.42. The third kappa shape index (κ3) is 5.89. The highest BCUT2D eigenvalue weighted by atomic mass is 16.6. The van der Waals surface area contributed by atoms with Gasteiger partial charge in [-0.05, 0) is 27.2 Å². The molecule has 0 aromatic heterocycles. The molecule has 1 heterocycles. The summed E-state index contributed by atoms with van der Waals surface area (Å²) in [4.78, 5) is 25.5. The van der Waals surface area contributed by atoms with Crippen LogP contribution in [0.5, 0.6) is 0 Å². The Hall–Kier alpha value is -1.34. The normalized spacial score (nSPS) is 22.2. The number of carbonyl (C=O) groups is 2. The maximum atomic E-state index is 12.1. The van der Waals surface area contributed by atoms with Gasteiger partial charge in [-0.15, -0.1) is 0 Å². The summed E-state index contributed by atoms with van der Waals surface area (Å²) in [5.41, 5.74) is -0.635. The summed E-state index contributed by atoms with van der Waals surface area (Å²) in [7, 11) is 1.60. The first-order valence-corrected chi connectivity index (χ1v) is 7.19. The number of aliphatic hydroxyl groups is 1. The van der Waals surface area contributed by atoms with E-state index in [-0.39, 0.29) is 18.9 Å². The molecule has 1 aliphatic rings. The van der Waals surface area contributed by atoms with Crippen molar-refractivity contribution < 1.29 is 24.2 Å². The van der Waals surface area contributed by atoms with Gasteiger partial charge in [0.15, 0.2) is 0 Å². The van der Waals surface area contributed by atoms with Gasteiger partial charge in [0.25, 0.3) is 0 Å². The van der Waals surface area contributed by atoms with E-state index in [4.69, 9.17) is 9.47 Å². The minimum Gasteiger partial charge on any atom is -0.444 e. The van der Waals surface area contributed by atoms with Gasteiger partial charge < -0.3 is 19.9 Å². The van der Waals surface area contributed by atoms with Gasteiger partial charge >= 0.3 is 6.09 Å². The van der Waals surface area contributed by atoms with Crippen LogP contribution in [0, 0.1) is 0 Å². The number of nitrogens with one attached hydrogen (secondary N) is 1. The summed E-state index contributed by atoms with van der Waals surface area (Å²) in [6.45, 7) is 6.43. The number of rotatable bonds is 5. The first-order chi connectivity index (χ1) is 9.74. The van der Waals surface area contributed by atoms with Gasteiger partial charge in [-0.3, -0.25) is 9.69 Å². The molecular weight excluding hydrogens is 276 g/mol. The summed E-state index contributed by atoms with van der Waals surface area (Å²) in [6, 6.07) is -0.683. The van der Waals surface area contributed by atoms with Gasteiger partial charge in [0.2, 0.25) is 5.91 Å². The van der Waals surface area contributed by atoms with E-state index < -0.39 is 23.8 Å². The van der Waals surface area contributed by atoms with Crippen LogP contribution in [0.3, 0.4) is 0 Å². The molecule has 0 aliphatic carbocycles. The predicted octanol–water partition coefficient (Wildman–Crippen LogP) is 0.509. The number of carbonyl (C=O) groups excluding carboxylic acids is 2. The molecule has 0 aromatic rings. The average molecular weight is 302 g/mol. The summed E-state index contributed by atoms with van der Waals surface area (Å²) in [6.07, 6.45) is -0.345. The van der Waals surface area contributed by atoms with Crippen LogP contribution in [0.2, 0.25) is 0 Å². The SMILES string of the molecule is COCCCNC(=O)C1CC(O)CN1C(=O)OC(C)(C)C. The number of methoxy groups -OCH3 is 1. The van der Waals surface area contributed by atoms with Crippen LogP contribution in [-0.2, 0) is 14.3 Å². The summed E-state index contributed by atoms with van der Waals surface area (Å²) >= 11 is 0. The minimum absolute atomic E-state index is 0.116.